The van der Waals surface area contributed by atoms with Gasteiger partial charge in [-0.05, 0) is 162 Å². The van der Waals surface area contributed by atoms with E-state index in [-0.39, 0.29) is 12.1 Å². The van der Waals surface area contributed by atoms with Gasteiger partial charge in [-0.15, -0.1) is 11.3 Å². The highest BCUT2D eigenvalue weighted by Crippen LogP contribution is 2.50. The van der Waals surface area contributed by atoms with E-state index in [0.29, 0.717) is 0 Å². The summed E-state index contributed by atoms with van der Waals surface area (Å²) in [7, 11) is 0. The van der Waals surface area contributed by atoms with Crippen LogP contribution in [0.25, 0.3) is 103 Å². The summed E-state index contributed by atoms with van der Waals surface area (Å²) in [5.41, 5.74) is 23.4. The number of hydrogen-bond acceptors (Lipinski definition) is 3. The molecule has 14 aromatic rings. The fraction of sp³-hybridized carbons (Fsp3) is 0.0526. The highest BCUT2D eigenvalue weighted by atomic mass is 32.1. The molecule has 0 N–H and O–H groups in total. The van der Waals surface area contributed by atoms with Crippen molar-refractivity contribution in [3.8, 4) is 72.8 Å². The number of fused-ring (bicyclic) bond motifs is 10. The molecule has 3 nitrogen and oxygen atoms in total. The summed E-state index contributed by atoms with van der Waals surface area (Å²) in [6.45, 7) is 6.66. The molecule has 0 bridgehead atoms. The highest BCUT2D eigenvalue weighted by molar-refractivity contribution is 7.26. The first-order valence-electron chi connectivity index (χ1n) is 28.1. The number of anilines is 3. The minimum atomic E-state index is -0.180. The Morgan fingerprint density at radius 1 is 0.358 bits per heavy atom. The summed E-state index contributed by atoms with van der Waals surface area (Å²) in [6.07, 6.45) is 0. The highest BCUT2D eigenvalue weighted by Gasteiger charge is 2.43. The second kappa shape index (κ2) is 18.5. The average Bonchev–Trinajstić information content (AvgIpc) is 3.73. The maximum atomic E-state index is 7.46. The molecule has 2 aromatic heterocycles. The number of thiophene rings is 1. The van der Waals surface area contributed by atoms with E-state index in [1.807, 2.05) is 11.3 Å². The SMILES string of the molecule is CC(C)(C)c1ccc(-c2cc3c4c(c2)N(c2cc(-c5ccccc5)cc5sc6ccccc6c25)c2ccc(-c5ccccc5)cc2B4c2cc(-n4c5ccc(-c6ccccc6)cc5c5cc(-c6ccccc6)ccc54)ccc2O3)cc1. The van der Waals surface area contributed by atoms with Gasteiger partial charge in [0, 0.05) is 48.0 Å². The molecular formula is C76H53BN2OS. The molecular weight excluding hydrogens is 1000 g/mol. The lowest BCUT2D eigenvalue weighted by molar-refractivity contribution is 0.487. The lowest BCUT2D eigenvalue weighted by Gasteiger charge is -2.41. The Hall–Kier alpha value is -9.68. The van der Waals surface area contributed by atoms with Gasteiger partial charge in [0.1, 0.15) is 11.5 Å². The third kappa shape index (κ3) is 7.79. The van der Waals surface area contributed by atoms with Gasteiger partial charge in [0.05, 0.1) is 16.7 Å². The largest absolute Gasteiger partial charge is 0.458 e. The van der Waals surface area contributed by atoms with E-state index in [1.54, 1.807) is 0 Å². The van der Waals surface area contributed by atoms with Gasteiger partial charge >= 0.3 is 0 Å². The Morgan fingerprint density at radius 3 is 1.49 bits per heavy atom. The predicted molar refractivity (Wildman–Crippen MR) is 345 cm³/mol. The van der Waals surface area contributed by atoms with Crippen molar-refractivity contribution in [1.82, 2.24) is 4.57 Å². The lowest BCUT2D eigenvalue weighted by Crippen LogP contribution is -2.59. The molecule has 0 amide bonds. The Kier molecular flexibility index (Phi) is 10.8. The van der Waals surface area contributed by atoms with E-state index in [2.05, 4.69) is 297 Å². The average molecular weight is 1050 g/mol. The molecule has 2 aliphatic rings. The van der Waals surface area contributed by atoms with Crippen molar-refractivity contribution >= 4 is 93.5 Å². The van der Waals surface area contributed by atoms with Gasteiger partial charge in [0.25, 0.3) is 6.71 Å². The fourth-order valence-electron chi connectivity index (χ4n) is 13.0. The second-order valence-electron chi connectivity index (χ2n) is 22.8. The molecule has 0 radical (unpaired) electrons. The van der Waals surface area contributed by atoms with E-state index in [9.17, 15) is 0 Å². The number of hydrogen-bond donors (Lipinski definition) is 0. The van der Waals surface area contributed by atoms with E-state index in [0.717, 1.165) is 67.3 Å². The molecule has 81 heavy (non-hydrogen) atoms. The fourth-order valence-corrected chi connectivity index (χ4v) is 14.2. The van der Waals surface area contributed by atoms with E-state index < -0.39 is 0 Å². The predicted octanol–water partition coefficient (Wildman–Crippen LogP) is 19.2. The second-order valence-corrected chi connectivity index (χ2v) is 23.9. The molecule has 382 valence electrons. The normalized spacial score (nSPS) is 12.7. The Bertz CT molecular complexity index is 4710. The van der Waals surface area contributed by atoms with Crippen molar-refractivity contribution in [2.45, 2.75) is 26.2 Å². The van der Waals surface area contributed by atoms with Crippen LogP contribution in [-0.2, 0) is 5.41 Å². The van der Waals surface area contributed by atoms with Crippen molar-refractivity contribution in [2.75, 3.05) is 4.90 Å². The van der Waals surface area contributed by atoms with Crippen LogP contribution in [0.15, 0.2) is 267 Å². The van der Waals surface area contributed by atoms with E-state index in [4.69, 9.17) is 4.74 Å². The van der Waals surface area contributed by atoms with Gasteiger partial charge in [0.15, 0.2) is 0 Å². The minimum Gasteiger partial charge on any atom is -0.458 e. The zero-order chi connectivity index (χ0) is 53.9. The maximum Gasteiger partial charge on any atom is 0.256 e. The third-order valence-corrected chi connectivity index (χ3v) is 18.1. The van der Waals surface area contributed by atoms with Crippen molar-refractivity contribution in [1.29, 1.82) is 0 Å². The van der Waals surface area contributed by atoms with Crippen LogP contribution < -0.4 is 26.0 Å². The third-order valence-electron chi connectivity index (χ3n) is 17.0. The maximum absolute atomic E-state index is 7.46. The molecule has 5 heteroatoms. The standard InChI is InChI=1S/C76H53BN2OS/c1-76(2,3)58-33-28-52(29-34-58)56-44-69-75-71(45-56)80-70-39-35-59(78-65-36-30-53(48-18-8-4-9-19-48)40-61(65)62-41-54(31-37-66(62)78)49-20-10-5-11-21-49)47-64(70)77(75)63-42-55(50-22-12-6-13-23-50)32-38-67(63)79(69)68-43-57(51-24-14-7-15-25-51)46-73-74(68)60-26-16-17-27-72(60)81-73/h4-47H,1-3H3. The summed E-state index contributed by atoms with van der Waals surface area (Å²) in [5, 5.41) is 4.93. The van der Waals surface area contributed by atoms with Gasteiger partial charge < -0.3 is 14.2 Å². The van der Waals surface area contributed by atoms with Gasteiger partial charge in [0.2, 0.25) is 0 Å². The van der Waals surface area contributed by atoms with Crippen LogP contribution in [-0.4, -0.2) is 11.3 Å². The Balaban J connectivity index is 0.969. The van der Waals surface area contributed by atoms with Gasteiger partial charge in [-0.3, -0.25) is 0 Å². The number of benzene rings is 12. The molecule has 0 fully saturated rings. The van der Waals surface area contributed by atoms with Gasteiger partial charge in [-0.25, -0.2) is 0 Å². The Morgan fingerprint density at radius 2 is 0.877 bits per heavy atom. The van der Waals surface area contributed by atoms with Crippen molar-refractivity contribution < 1.29 is 4.74 Å². The molecule has 0 saturated carbocycles. The number of ether oxygens (including phenoxy) is 1. The molecule has 0 unspecified atom stereocenters. The quantitative estimate of drug-likeness (QED) is 0.148. The number of rotatable bonds is 7. The first-order valence-corrected chi connectivity index (χ1v) is 28.9. The molecule has 4 heterocycles. The first kappa shape index (κ1) is 47.3. The Labute approximate surface area is 476 Å². The van der Waals surface area contributed by atoms with Crippen molar-refractivity contribution in [2.24, 2.45) is 0 Å². The molecule has 0 spiro atoms. The van der Waals surface area contributed by atoms with Crippen LogP contribution in [0, 0.1) is 0 Å². The first-order chi connectivity index (χ1) is 39.8. The molecule has 12 aromatic carbocycles. The van der Waals surface area contributed by atoms with Crippen molar-refractivity contribution in [3.63, 3.8) is 0 Å². The summed E-state index contributed by atoms with van der Waals surface area (Å²) < 4.78 is 12.5. The zero-order valence-electron chi connectivity index (χ0n) is 45.2. The minimum absolute atomic E-state index is 0.0201. The molecule has 0 aliphatic carbocycles. The zero-order valence-corrected chi connectivity index (χ0v) is 46.0. The monoisotopic (exact) mass is 1050 g/mol. The van der Waals surface area contributed by atoms with Crippen molar-refractivity contribution in [3.05, 3.63) is 272 Å². The van der Waals surface area contributed by atoms with Crippen LogP contribution in [0.4, 0.5) is 17.1 Å². The lowest BCUT2D eigenvalue weighted by atomic mass is 9.34. The summed E-state index contributed by atoms with van der Waals surface area (Å²) in [4.78, 5) is 2.58. The van der Waals surface area contributed by atoms with Gasteiger partial charge in [-0.1, -0.05) is 209 Å². The van der Waals surface area contributed by atoms with Crippen LogP contribution in [0.2, 0.25) is 0 Å². The van der Waals surface area contributed by atoms with Crippen LogP contribution >= 0.6 is 11.3 Å². The van der Waals surface area contributed by atoms with Gasteiger partial charge in [-0.2, -0.15) is 0 Å². The molecule has 16 rings (SSSR count). The summed E-state index contributed by atoms with van der Waals surface area (Å²) >= 11 is 1.87. The summed E-state index contributed by atoms with van der Waals surface area (Å²) in [6, 6.07) is 98.9. The molecule has 2 aliphatic heterocycles. The van der Waals surface area contributed by atoms with E-state index >= 15 is 0 Å². The smallest absolute Gasteiger partial charge is 0.256 e. The molecule has 0 atom stereocenters. The van der Waals surface area contributed by atoms with E-state index in [1.165, 1.54) is 86.5 Å². The topological polar surface area (TPSA) is 17.4 Å². The summed E-state index contributed by atoms with van der Waals surface area (Å²) in [5.74, 6) is 1.74. The van der Waals surface area contributed by atoms with Crippen LogP contribution in [0.3, 0.4) is 0 Å². The van der Waals surface area contributed by atoms with Crippen LogP contribution in [0.5, 0.6) is 11.5 Å². The number of nitrogens with zero attached hydrogens (tertiary/aromatic N) is 2. The number of aromatic nitrogens is 1. The molecule has 0 saturated heterocycles. The van der Waals surface area contributed by atoms with Crippen LogP contribution in [0.1, 0.15) is 26.3 Å².